The van der Waals surface area contributed by atoms with Gasteiger partial charge in [-0.1, -0.05) is 60.7 Å². The lowest BCUT2D eigenvalue weighted by Gasteiger charge is -1.94. The first-order valence-electron chi connectivity index (χ1n) is 8.34. The Labute approximate surface area is 182 Å². The van der Waals surface area contributed by atoms with Gasteiger partial charge in [0.1, 0.15) is 11.5 Å². The summed E-state index contributed by atoms with van der Waals surface area (Å²) in [5.41, 5.74) is 1.62. The maximum atomic E-state index is 10.9. The smallest absolute Gasteiger partial charge is 0.294 e. The molecule has 2 aromatic heterocycles. The van der Waals surface area contributed by atoms with Crippen LogP contribution in [0.15, 0.2) is 104 Å². The highest BCUT2D eigenvalue weighted by molar-refractivity contribution is 8.14. The molecule has 0 fully saturated rings. The van der Waals surface area contributed by atoms with Gasteiger partial charge in [0.25, 0.3) is 18.1 Å². The van der Waals surface area contributed by atoms with Crippen molar-refractivity contribution in [3.05, 3.63) is 84.9 Å². The van der Waals surface area contributed by atoms with Crippen molar-refractivity contribution in [2.24, 2.45) is 0 Å². The molecule has 0 saturated heterocycles. The minimum atomic E-state index is -3.78. The van der Waals surface area contributed by atoms with Gasteiger partial charge in [0, 0.05) is 32.5 Å². The van der Waals surface area contributed by atoms with Crippen LogP contribution in [-0.4, -0.2) is 16.8 Å². The largest absolute Gasteiger partial charge is 0.443 e. The first-order valence-corrected chi connectivity index (χ1v) is 13.0. The Morgan fingerprint density at radius 3 is 1.10 bits per heavy atom. The molecule has 0 aliphatic heterocycles. The molecule has 2 aromatic carbocycles. The van der Waals surface area contributed by atoms with E-state index in [0.29, 0.717) is 11.5 Å². The Balaban J connectivity index is 0.000000171. The van der Waals surface area contributed by atoms with Crippen molar-refractivity contribution in [2.45, 2.75) is 10.2 Å². The molecule has 30 heavy (non-hydrogen) atoms. The van der Waals surface area contributed by atoms with E-state index in [1.54, 1.807) is 12.1 Å². The lowest BCUT2D eigenvalue weighted by atomic mass is 10.2. The second-order valence-corrected chi connectivity index (χ2v) is 10.8. The molecule has 0 bridgehead atoms. The van der Waals surface area contributed by atoms with Gasteiger partial charge in [0.05, 0.1) is 0 Å². The highest BCUT2D eigenvalue weighted by Crippen LogP contribution is 2.26. The van der Waals surface area contributed by atoms with Crippen molar-refractivity contribution in [3.8, 4) is 22.6 Å². The fourth-order valence-electron chi connectivity index (χ4n) is 2.42. The van der Waals surface area contributed by atoms with Gasteiger partial charge < -0.3 is 8.83 Å². The maximum absolute atomic E-state index is 10.9. The monoisotopic (exact) mass is 484 g/mol. The third-order valence-corrected chi connectivity index (χ3v) is 6.07. The SMILES string of the molecule is O=S(=O)(Cl)c1ccc(-c2ccccc2)o1.O=S(=O)(Cl)c1ccc(-c2ccccc2)o1. The summed E-state index contributed by atoms with van der Waals surface area (Å²) in [6.45, 7) is 0. The van der Waals surface area contributed by atoms with Gasteiger partial charge in [-0.15, -0.1) is 0 Å². The molecule has 0 atom stereocenters. The van der Waals surface area contributed by atoms with Gasteiger partial charge in [-0.05, 0) is 24.3 Å². The van der Waals surface area contributed by atoms with E-state index in [1.807, 2.05) is 60.7 Å². The lowest BCUT2D eigenvalue weighted by Crippen LogP contribution is -1.85. The Morgan fingerprint density at radius 2 is 0.833 bits per heavy atom. The van der Waals surface area contributed by atoms with E-state index in [1.165, 1.54) is 12.1 Å². The van der Waals surface area contributed by atoms with Gasteiger partial charge in [0.15, 0.2) is 0 Å². The highest BCUT2D eigenvalue weighted by atomic mass is 35.7. The number of rotatable bonds is 4. The molecule has 0 N–H and O–H groups in total. The summed E-state index contributed by atoms with van der Waals surface area (Å²) in [5, 5.41) is -0.467. The molecule has 0 spiro atoms. The van der Waals surface area contributed by atoms with Crippen LogP contribution in [0.3, 0.4) is 0 Å². The zero-order valence-electron chi connectivity index (χ0n) is 15.1. The topological polar surface area (TPSA) is 94.6 Å². The molecular formula is C20H14Cl2O6S2. The molecular weight excluding hydrogens is 471 g/mol. The zero-order valence-corrected chi connectivity index (χ0v) is 18.2. The van der Waals surface area contributed by atoms with E-state index in [4.69, 9.17) is 30.2 Å². The first kappa shape index (κ1) is 22.2. The van der Waals surface area contributed by atoms with Gasteiger partial charge >= 0.3 is 0 Å². The number of furan rings is 2. The van der Waals surface area contributed by atoms with E-state index in [-0.39, 0.29) is 10.2 Å². The van der Waals surface area contributed by atoms with Crippen LogP contribution in [0, 0.1) is 0 Å². The van der Waals surface area contributed by atoms with Gasteiger partial charge in [0.2, 0.25) is 10.2 Å². The van der Waals surface area contributed by atoms with Crippen LogP contribution in [0.1, 0.15) is 0 Å². The molecule has 156 valence electrons. The van der Waals surface area contributed by atoms with Crippen molar-refractivity contribution in [3.63, 3.8) is 0 Å². The number of hydrogen-bond acceptors (Lipinski definition) is 6. The summed E-state index contributed by atoms with van der Waals surface area (Å²) < 4.78 is 54.0. The molecule has 0 unspecified atom stereocenters. The Kier molecular flexibility index (Phi) is 6.72. The summed E-state index contributed by atoms with van der Waals surface area (Å²) in [5.74, 6) is 0.963. The summed E-state index contributed by atoms with van der Waals surface area (Å²) >= 11 is 0. The van der Waals surface area contributed by atoms with Gasteiger partial charge in [-0.3, -0.25) is 0 Å². The predicted molar refractivity (Wildman–Crippen MR) is 114 cm³/mol. The average molecular weight is 485 g/mol. The lowest BCUT2D eigenvalue weighted by molar-refractivity contribution is 0.466. The van der Waals surface area contributed by atoms with Gasteiger partial charge in [-0.2, -0.15) is 0 Å². The number of benzene rings is 2. The zero-order chi connectivity index (χ0) is 21.8. The third-order valence-electron chi connectivity index (χ3n) is 3.76. The molecule has 0 saturated carbocycles. The first-order chi connectivity index (χ1) is 14.1. The molecule has 4 rings (SSSR count). The van der Waals surface area contributed by atoms with E-state index in [9.17, 15) is 16.8 Å². The van der Waals surface area contributed by atoms with Crippen LogP contribution in [0.25, 0.3) is 22.6 Å². The Hall–Kier alpha value is -2.52. The fourth-order valence-corrected chi connectivity index (χ4v) is 3.75. The van der Waals surface area contributed by atoms with Crippen molar-refractivity contribution >= 4 is 39.5 Å². The molecule has 0 aliphatic carbocycles. The third kappa shape index (κ3) is 5.76. The summed E-state index contributed by atoms with van der Waals surface area (Å²) in [6, 6.07) is 24.2. The Bertz CT molecular complexity index is 1220. The van der Waals surface area contributed by atoms with Crippen LogP contribution >= 0.6 is 21.4 Å². The number of halogens is 2. The molecule has 0 amide bonds. The second kappa shape index (κ2) is 9.09. The van der Waals surface area contributed by atoms with E-state index < -0.39 is 18.1 Å². The summed E-state index contributed by atoms with van der Waals surface area (Å²) in [7, 11) is 2.71. The van der Waals surface area contributed by atoms with Crippen molar-refractivity contribution < 1.29 is 25.7 Å². The van der Waals surface area contributed by atoms with Crippen LogP contribution in [0.2, 0.25) is 0 Å². The van der Waals surface area contributed by atoms with Crippen LogP contribution in [0.5, 0.6) is 0 Å². The predicted octanol–water partition coefficient (Wildman–Crippen LogP) is 5.75. The molecule has 0 radical (unpaired) electrons. The second-order valence-electron chi connectivity index (χ2n) is 5.85. The normalized spacial score (nSPS) is 11.5. The highest BCUT2D eigenvalue weighted by Gasteiger charge is 2.16. The van der Waals surface area contributed by atoms with Crippen LogP contribution in [-0.2, 0) is 18.1 Å². The molecule has 4 aromatic rings. The van der Waals surface area contributed by atoms with Crippen LogP contribution in [0.4, 0.5) is 0 Å². The Morgan fingerprint density at radius 1 is 0.500 bits per heavy atom. The van der Waals surface area contributed by atoms with Gasteiger partial charge in [-0.25, -0.2) is 16.8 Å². The maximum Gasteiger partial charge on any atom is 0.294 e. The minimum Gasteiger partial charge on any atom is -0.443 e. The van der Waals surface area contributed by atoms with E-state index in [0.717, 1.165) is 11.1 Å². The van der Waals surface area contributed by atoms with Crippen LogP contribution < -0.4 is 0 Å². The molecule has 2 heterocycles. The molecule has 10 heteroatoms. The van der Waals surface area contributed by atoms with Crippen molar-refractivity contribution in [1.29, 1.82) is 0 Å². The van der Waals surface area contributed by atoms with Crippen molar-refractivity contribution in [2.75, 3.05) is 0 Å². The quantitative estimate of drug-likeness (QED) is 0.342. The summed E-state index contributed by atoms with van der Waals surface area (Å²) in [6.07, 6.45) is 0. The molecule has 0 aliphatic rings. The summed E-state index contributed by atoms with van der Waals surface area (Å²) in [4.78, 5) is 0. The van der Waals surface area contributed by atoms with E-state index in [2.05, 4.69) is 0 Å². The number of hydrogen-bond donors (Lipinski definition) is 0. The fraction of sp³-hybridized carbons (Fsp3) is 0. The van der Waals surface area contributed by atoms with Crippen molar-refractivity contribution in [1.82, 2.24) is 0 Å². The minimum absolute atomic E-state index is 0.233. The molecule has 6 nitrogen and oxygen atoms in total. The standard InChI is InChI=1S/2C10H7ClO3S/c2*11-15(12,13)10-7-6-9(14-10)8-4-2-1-3-5-8/h2*1-7H. The average Bonchev–Trinajstić information content (AvgIpc) is 3.40. The van der Waals surface area contributed by atoms with E-state index >= 15 is 0 Å².